The van der Waals surface area contributed by atoms with Gasteiger partial charge in [0.1, 0.15) is 0 Å². The van der Waals surface area contributed by atoms with Crippen LogP contribution in [0.2, 0.25) is 0 Å². The molecule has 0 heterocycles. The summed E-state index contributed by atoms with van der Waals surface area (Å²) in [6, 6.07) is 10.4. The van der Waals surface area contributed by atoms with Crippen LogP contribution in [0.25, 0.3) is 6.08 Å². The predicted octanol–water partition coefficient (Wildman–Crippen LogP) is 3.14. The predicted molar refractivity (Wildman–Crippen MR) is 76.7 cm³/mol. The molecule has 0 amide bonds. The molecule has 0 atom stereocenters. The Kier molecular flexibility index (Phi) is 9.83. The topological polar surface area (TPSA) is 21.3 Å². The fourth-order valence-corrected chi connectivity index (χ4v) is 1.46. The van der Waals surface area contributed by atoms with Crippen molar-refractivity contribution in [1.82, 2.24) is 5.32 Å². The van der Waals surface area contributed by atoms with E-state index < -0.39 is 0 Å². The number of benzene rings is 1. The van der Waals surface area contributed by atoms with Crippen LogP contribution in [0.5, 0.6) is 0 Å². The Hall–Kier alpha value is -0.830. The Morgan fingerprint density at radius 1 is 1.29 bits per heavy atom. The number of halogens is 1. The second-order valence-corrected chi connectivity index (χ2v) is 3.78. The summed E-state index contributed by atoms with van der Waals surface area (Å²) in [4.78, 5) is 0. The first kappa shape index (κ1) is 16.2. The fraction of sp³-hybridized carbons (Fsp3) is 0.429. The Morgan fingerprint density at radius 3 is 2.65 bits per heavy atom. The second kappa shape index (κ2) is 10.3. The van der Waals surface area contributed by atoms with Crippen LogP contribution >= 0.6 is 12.4 Å². The molecule has 0 saturated heterocycles. The van der Waals surface area contributed by atoms with Crippen molar-refractivity contribution in [2.24, 2.45) is 0 Å². The molecular formula is C14H22ClNO. The standard InChI is InChI=1S/C14H21NO.ClH/c1-3-16-10-9-15-12-13(2)11-14-7-5-4-6-8-14;/h4-8,11,15H,3,9-10,12H2,1-2H3;1H/b13-11+;. The Balaban J connectivity index is 0.00000256. The first-order valence-electron chi connectivity index (χ1n) is 5.83. The maximum Gasteiger partial charge on any atom is 0.0590 e. The average Bonchev–Trinajstić information content (AvgIpc) is 2.30. The van der Waals surface area contributed by atoms with E-state index in [4.69, 9.17) is 4.74 Å². The summed E-state index contributed by atoms with van der Waals surface area (Å²) in [5.41, 5.74) is 2.59. The zero-order valence-corrected chi connectivity index (χ0v) is 11.4. The van der Waals surface area contributed by atoms with Crippen molar-refractivity contribution in [3.8, 4) is 0 Å². The second-order valence-electron chi connectivity index (χ2n) is 3.78. The first-order valence-corrected chi connectivity index (χ1v) is 5.83. The summed E-state index contributed by atoms with van der Waals surface area (Å²) in [6.07, 6.45) is 2.20. The highest BCUT2D eigenvalue weighted by atomic mass is 35.5. The molecule has 0 aliphatic rings. The fourth-order valence-electron chi connectivity index (χ4n) is 1.46. The lowest BCUT2D eigenvalue weighted by molar-refractivity contribution is 0.150. The molecule has 0 bridgehead atoms. The zero-order chi connectivity index (χ0) is 11.6. The van der Waals surface area contributed by atoms with E-state index in [1.807, 2.05) is 13.0 Å². The van der Waals surface area contributed by atoms with Gasteiger partial charge in [-0.15, -0.1) is 12.4 Å². The summed E-state index contributed by atoms with van der Waals surface area (Å²) < 4.78 is 5.25. The van der Waals surface area contributed by atoms with Gasteiger partial charge in [-0.05, 0) is 19.4 Å². The van der Waals surface area contributed by atoms with Crippen molar-refractivity contribution in [3.63, 3.8) is 0 Å². The summed E-state index contributed by atoms with van der Waals surface area (Å²) in [5, 5.41) is 3.35. The van der Waals surface area contributed by atoms with E-state index in [0.29, 0.717) is 0 Å². The molecule has 2 nitrogen and oxygen atoms in total. The van der Waals surface area contributed by atoms with E-state index in [1.165, 1.54) is 11.1 Å². The molecule has 17 heavy (non-hydrogen) atoms. The number of rotatable bonds is 7. The van der Waals surface area contributed by atoms with Gasteiger partial charge < -0.3 is 10.1 Å². The largest absolute Gasteiger partial charge is 0.380 e. The Bertz CT molecular complexity index is 311. The lowest BCUT2D eigenvalue weighted by Crippen LogP contribution is -2.21. The molecule has 0 spiro atoms. The molecule has 0 aliphatic heterocycles. The minimum Gasteiger partial charge on any atom is -0.380 e. The monoisotopic (exact) mass is 255 g/mol. The molecule has 1 aromatic carbocycles. The quantitative estimate of drug-likeness (QED) is 0.756. The highest BCUT2D eigenvalue weighted by Crippen LogP contribution is 2.04. The minimum atomic E-state index is 0. The van der Waals surface area contributed by atoms with Gasteiger partial charge in [-0.25, -0.2) is 0 Å². The molecule has 0 saturated carbocycles. The highest BCUT2D eigenvalue weighted by molar-refractivity contribution is 5.85. The summed E-state index contributed by atoms with van der Waals surface area (Å²) in [6.45, 7) is 7.56. The van der Waals surface area contributed by atoms with Crippen LogP contribution < -0.4 is 5.32 Å². The van der Waals surface area contributed by atoms with Crippen molar-refractivity contribution in [3.05, 3.63) is 41.5 Å². The van der Waals surface area contributed by atoms with E-state index in [9.17, 15) is 0 Å². The third-order valence-corrected chi connectivity index (χ3v) is 2.24. The average molecular weight is 256 g/mol. The summed E-state index contributed by atoms with van der Waals surface area (Å²) >= 11 is 0. The van der Waals surface area contributed by atoms with Crippen LogP contribution in [-0.2, 0) is 4.74 Å². The van der Waals surface area contributed by atoms with Gasteiger partial charge in [-0.3, -0.25) is 0 Å². The van der Waals surface area contributed by atoms with E-state index in [2.05, 4.69) is 42.6 Å². The van der Waals surface area contributed by atoms with Crippen molar-refractivity contribution in [1.29, 1.82) is 0 Å². The van der Waals surface area contributed by atoms with E-state index >= 15 is 0 Å². The third-order valence-electron chi connectivity index (χ3n) is 2.24. The molecule has 0 fully saturated rings. The molecule has 0 radical (unpaired) electrons. The number of hydrogen-bond acceptors (Lipinski definition) is 2. The van der Waals surface area contributed by atoms with Crippen LogP contribution in [0.15, 0.2) is 35.9 Å². The van der Waals surface area contributed by atoms with E-state index in [0.717, 1.165) is 26.3 Å². The molecular weight excluding hydrogens is 234 g/mol. The molecule has 0 aliphatic carbocycles. The van der Waals surface area contributed by atoms with Crippen molar-refractivity contribution < 1.29 is 4.74 Å². The lowest BCUT2D eigenvalue weighted by atomic mass is 10.1. The normalized spacial score (nSPS) is 11.1. The number of hydrogen-bond donors (Lipinski definition) is 1. The maximum absolute atomic E-state index is 5.25. The van der Waals surface area contributed by atoms with Gasteiger partial charge in [0.15, 0.2) is 0 Å². The zero-order valence-electron chi connectivity index (χ0n) is 10.6. The van der Waals surface area contributed by atoms with Crippen molar-refractivity contribution in [2.45, 2.75) is 13.8 Å². The Morgan fingerprint density at radius 2 is 2.00 bits per heavy atom. The maximum atomic E-state index is 5.25. The SMILES string of the molecule is CCOCCNC/C(C)=C/c1ccccc1.Cl. The van der Waals surface area contributed by atoms with Gasteiger partial charge in [0.2, 0.25) is 0 Å². The number of ether oxygens (including phenoxy) is 1. The van der Waals surface area contributed by atoms with Gasteiger partial charge >= 0.3 is 0 Å². The van der Waals surface area contributed by atoms with Gasteiger partial charge in [0, 0.05) is 19.7 Å². The highest BCUT2D eigenvalue weighted by Gasteiger charge is 1.91. The van der Waals surface area contributed by atoms with Gasteiger partial charge in [0.25, 0.3) is 0 Å². The smallest absolute Gasteiger partial charge is 0.0590 e. The van der Waals surface area contributed by atoms with Crippen LogP contribution in [-0.4, -0.2) is 26.3 Å². The van der Waals surface area contributed by atoms with Crippen LogP contribution in [0, 0.1) is 0 Å². The molecule has 96 valence electrons. The van der Waals surface area contributed by atoms with Gasteiger partial charge in [0.05, 0.1) is 6.61 Å². The summed E-state index contributed by atoms with van der Waals surface area (Å²) in [7, 11) is 0. The number of nitrogens with one attached hydrogen (secondary N) is 1. The molecule has 1 rings (SSSR count). The van der Waals surface area contributed by atoms with Gasteiger partial charge in [-0.1, -0.05) is 42.0 Å². The van der Waals surface area contributed by atoms with Crippen molar-refractivity contribution in [2.75, 3.05) is 26.3 Å². The van der Waals surface area contributed by atoms with Crippen LogP contribution in [0.1, 0.15) is 19.4 Å². The van der Waals surface area contributed by atoms with Gasteiger partial charge in [-0.2, -0.15) is 0 Å². The molecule has 1 aromatic rings. The molecule has 1 N–H and O–H groups in total. The van der Waals surface area contributed by atoms with Crippen molar-refractivity contribution >= 4 is 18.5 Å². The van der Waals surface area contributed by atoms with Crippen LogP contribution in [0.3, 0.4) is 0 Å². The lowest BCUT2D eigenvalue weighted by Gasteiger charge is -2.05. The Labute approximate surface area is 110 Å². The minimum absolute atomic E-state index is 0. The molecule has 0 aromatic heterocycles. The first-order chi connectivity index (χ1) is 7.83. The van der Waals surface area contributed by atoms with E-state index in [1.54, 1.807) is 0 Å². The summed E-state index contributed by atoms with van der Waals surface area (Å²) in [5.74, 6) is 0. The molecule has 3 heteroatoms. The third kappa shape index (κ3) is 7.97. The molecule has 0 unspecified atom stereocenters. The van der Waals surface area contributed by atoms with E-state index in [-0.39, 0.29) is 12.4 Å². The van der Waals surface area contributed by atoms with Crippen LogP contribution in [0.4, 0.5) is 0 Å².